The number of hydrogen-bond acceptors (Lipinski definition) is 8. The SMILES string of the molecule is COC(=O)C1(C(=O)OC)C[C@H](CCB2OC(C)(C)C(C)(C)O2)[C@@H](CCB2OC(C)(C)C(C)(C)O2)C1. The van der Waals surface area contributed by atoms with E-state index in [1.807, 2.05) is 55.4 Å². The Morgan fingerprint density at radius 3 is 1.20 bits per heavy atom. The van der Waals surface area contributed by atoms with E-state index in [0.717, 1.165) is 12.8 Å². The summed E-state index contributed by atoms with van der Waals surface area (Å²) in [6.07, 6.45) is 3.67. The van der Waals surface area contributed by atoms with Gasteiger partial charge in [0.2, 0.25) is 0 Å². The Morgan fingerprint density at radius 1 is 0.657 bits per heavy atom. The summed E-state index contributed by atoms with van der Waals surface area (Å²) in [7, 11) is 2.00. The topological polar surface area (TPSA) is 89.5 Å². The van der Waals surface area contributed by atoms with Gasteiger partial charge in [0.25, 0.3) is 0 Å². The average Bonchev–Trinajstić information content (AvgIpc) is 3.30. The highest BCUT2D eigenvalue weighted by atomic mass is 16.7. The molecular weight excluding hydrogens is 450 g/mol. The average molecular weight is 494 g/mol. The number of esters is 2. The first kappa shape index (κ1) is 28.5. The summed E-state index contributed by atoms with van der Waals surface area (Å²) in [6.45, 7) is 16.3. The monoisotopic (exact) mass is 494 g/mol. The minimum Gasteiger partial charge on any atom is -0.468 e. The van der Waals surface area contributed by atoms with Crippen LogP contribution in [0.5, 0.6) is 0 Å². The third-order valence-corrected chi connectivity index (χ3v) is 9.19. The molecule has 0 aromatic heterocycles. The second kappa shape index (κ2) is 9.66. The summed E-state index contributed by atoms with van der Waals surface area (Å²) < 4.78 is 34.9. The Morgan fingerprint density at radius 2 is 0.943 bits per heavy atom. The van der Waals surface area contributed by atoms with E-state index < -0.39 is 39.8 Å². The Kier molecular flexibility index (Phi) is 7.86. The van der Waals surface area contributed by atoms with Crippen LogP contribution in [0.15, 0.2) is 0 Å². The van der Waals surface area contributed by atoms with E-state index in [1.165, 1.54) is 14.2 Å². The van der Waals surface area contributed by atoms with Crippen LogP contribution in [0.2, 0.25) is 12.6 Å². The largest absolute Gasteiger partial charge is 0.468 e. The third kappa shape index (κ3) is 5.32. The van der Waals surface area contributed by atoms with Gasteiger partial charge in [-0.2, -0.15) is 0 Å². The lowest BCUT2D eigenvalue weighted by Gasteiger charge is -2.32. The van der Waals surface area contributed by atoms with E-state index >= 15 is 0 Å². The van der Waals surface area contributed by atoms with Crippen LogP contribution in [0.1, 0.15) is 81.1 Å². The van der Waals surface area contributed by atoms with Crippen molar-refractivity contribution in [3.8, 4) is 0 Å². The third-order valence-electron chi connectivity index (χ3n) is 9.19. The van der Waals surface area contributed by atoms with Crippen LogP contribution in [-0.2, 0) is 37.7 Å². The number of carbonyl (C=O) groups is 2. The molecule has 0 unspecified atom stereocenters. The quantitative estimate of drug-likeness (QED) is 0.280. The molecule has 0 spiro atoms. The van der Waals surface area contributed by atoms with Crippen molar-refractivity contribution in [1.29, 1.82) is 0 Å². The molecule has 10 heteroatoms. The highest BCUT2D eigenvalue weighted by Gasteiger charge is 2.58. The first-order valence-corrected chi connectivity index (χ1v) is 12.9. The summed E-state index contributed by atoms with van der Waals surface area (Å²) in [6, 6.07) is 0. The van der Waals surface area contributed by atoms with Crippen LogP contribution in [0.3, 0.4) is 0 Å². The van der Waals surface area contributed by atoms with Gasteiger partial charge in [-0.05, 0) is 92.7 Å². The summed E-state index contributed by atoms with van der Waals surface area (Å²) >= 11 is 0. The normalized spacial score (nSPS) is 29.9. The number of carbonyl (C=O) groups excluding carboxylic acids is 2. The van der Waals surface area contributed by atoms with E-state index in [2.05, 4.69) is 0 Å². The van der Waals surface area contributed by atoms with Gasteiger partial charge in [-0.3, -0.25) is 9.59 Å². The molecule has 3 aliphatic rings. The van der Waals surface area contributed by atoms with Crippen molar-refractivity contribution in [3.05, 3.63) is 0 Å². The molecule has 198 valence electrons. The van der Waals surface area contributed by atoms with Crippen molar-refractivity contribution in [2.75, 3.05) is 14.2 Å². The lowest BCUT2D eigenvalue weighted by atomic mass is 9.73. The molecule has 0 aromatic carbocycles. The van der Waals surface area contributed by atoms with Gasteiger partial charge in [-0.25, -0.2) is 0 Å². The summed E-state index contributed by atoms with van der Waals surface area (Å²) in [4.78, 5) is 25.7. The fourth-order valence-electron chi connectivity index (χ4n) is 5.66. The molecule has 2 saturated heterocycles. The predicted octanol–water partition coefficient (Wildman–Crippen LogP) is 4.31. The summed E-state index contributed by atoms with van der Waals surface area (Å²) in [5.74, 6) is -0.837. The molecule has 0 bridgehead atoms. The predicted molar refractivity (Wildman–Crippen MR) is 134 cm³/mol. The van der Waals surface area contributed by atoms with Crippen LogP contribution >= 0.6 is 0 Å². The zero-order valence-corrected chi connectivity index (χ0v) is 23.3. The van der Waals surface area contributed by atoms with Gasteiger partial charge in [0.05, 0.1) is 36.6 Å². The van der Waals surface area contributed by atoms with Gasteiger partial charge in [-0.15, -0.1) is 0 Å². The Bertz CT molecular complexity index is 711. The Hall–Kier alpha value is -1.09. The van der Waals surface area contributed by atoms with E-state index in [4.69, 9.17) is 28.1 Å². The number of hydrogen-bond donors (Lipinski definition) is 0. The van der Waals surface area contributed by atoms with E-state index in [0.29, 0.717) is 25.5 Å². The lowest BCUT2D eigenvalue weighted by molar-refractivity contribution is -0.169. The lowest BCUT2D eigenvalue weighted by Crippen LogP contribution is -2.41. The molecule has 2 atom stereocenters. The summed E-state index contributed by atoms with van der Waals surface area (Å²) in [5.41, 5.74) is -2.88. The van der Waals surface area contributed by atoms with Gasteiger partial charge in [-0.1, -0.05) is 12.8 Å². The van der Waals surface area contributed by atoms with Crippen molar-refractivity contribution in [2.45, 2.75) is 116 Å². The fourth-order valence-corrected chi connectivity index (χ4v) is 5.66. The highest BCUT2D eigenvalue weighted by molar-refractivity contribution is 6.45. The van der Waals surface area contributed by atoms with Crippen molar-refractivity contribution >= 4 is 26.2 Å². The molecule has 1 aliphatic carbocycles. The molecule has 8 nitrogen and oxygen atoms in total. The van der Waals surface area contributed by atoms with Gasteiger partial charge < -0.3 is 28.1 Å². The van der Waals surface area contributed by atoms with Crippen LogP contribution in [0.4, 0.5) is 0 Å². The minimum atomic E-state index is -1.29. The van der Waals surface area contributed by atoms with Crippen molar-refractivity contribution in [3.63, 3.8) is 0 Å². The maximum atomic E-state index is 12.9. The molecule has 1 saturated carbocycles. The maximum Gasteiger partial charge on any atom is 0.457 e. The number of methoxy groups -OCH3 is 2. The number of ether oxygens (including phenoxy) is 2. The standard InChI is InChI=1S/C25H44B2O8/c1-21(2)22(3,4)33-26(32-21)13-11-17-15-25(19(28)30-9,20(29)31-10)16-18(17)12-14-27-34-23(5,6)24(7,8)35-27/h17-18H,11-16H2,1-10H3/t17-,18-/m0/s1. The zero-order chi connectivity index (χ0) is 26.4. The minimum absolute atomic E-state index is 0.106. The van der Waals surface area contributed by atoms with Gasteiger partial charge >= 0.3 is 26.2 Å². The van der Waals surface area contributed by atoms with Crippen molar-refractivity contribution < 1.29 is 37.7 Å². The van der Waals surface area contributed by atoms with E-state index in [1.54, 1.807) is 0 Å². The molecule has 0 radical (unpaired) electrons. The smallest absolute Gasteiger partial charge is 0.457 e. The van der Waals surface area contributed by atoms with E-state index in [-0.39, 0.29) is 26.1 Å². The first-order chi connectivity index (χ1) is 16.0. The molecular formula is C25H44B2O8. The van der Waals surface area contributed by atoms with Gasteiger partial charge in [0.1, 0.15) is 0 Å². The second-order valence-corrected chi connectivity index (χ2v) is 12.5. The molecule has 0 aromatic rings. The Labute approximate surface area is 211 Å². The van der Waals surface area contributed by atoms with Crippen molar-refractivity contribution in [1.82, 2.24) is 0 Å². The van der Waals surface area contributed by atoms with Gasteiger partial charge in [0, 0.05) is 0 Å². The van der Waals surface area contributed by atoms with Crippen LogP contribution in [-0.4, -0.2) is 62.8 Å². The Balaban J connectivity index is 1.74. The van der Waals surface area contributed by atoms with Crippen LogP contribution in [0, 0.1) is 17.3 Å². The molecule has 2 aliphatic heterocycles. The van der Waals surface area contributed by atoms with Crippen LogP contribution < -0.4 is 0 Å². The molecule has 35 heavy (non-hydrogen) atoms. The summed E-state index contributed by atoms with van der Waals surface area (Å²) in [5, 5.41) is 0. The van der Waals surface area contributed by atoms with Crippen molar-refractivity contribution in [2.24, 2.45) is 17.3 Å². The van der Waals surface area contributed by atoms with E-state index in [9.17, 15) is 9.59 Å². The zero-order valence-electron chi connectivity index (χ0n) is 23.3. The first-order valence-electron chi connectivity index (χ1n) is 12.9. The molecule has 3 rings (SSSR count). The molecule has 2 heterocycles. The molecule has 0 amide bonds. The molecule has 3 fully saturated rings. The number of rotatable bonds is 8. The van der Waals surface area contributed by atoms with Crippen LogP contribution in [0.25, 0.3) is 0 Å². The maximum absolute atomic E-state index is 12.9. The highest BCUT2D eigenvalue weighted by Crippen LogP contribution is 2.52. The second-order valence-electron chi connectivity index (χ2n) is 12.5. The fraction of sp³-hybridized carbons (Fsp3) is 0.920. The molecule has 0 N–H and O–H groups in total. The van der Waals surface area contributed by atoms with Gasteiger partial charge in [0.15, 0.2) is 5.41 Å².